The summed E-state index contributed by atoms with van der Waals surface area (Å²) in [5, 5.41) is 2.96. The van der Waals surface area contributed by atoms with Crippen molar-refractivity contribution in [3.8, 4) is 11.5 Å². The molecule has 0 aliphatic heterocycles. The van der Waals surface area contributed by atoms with Crippen LogP contribution < -0.4 is 14.8 Å². The lowest BCUT2D eigenvalue weighted by Crippen LogP contribution is -2.34. The van der Waals surface area contributed by atoms with Crippen molar-refractivity contribution in [1.82, 2.24) is 4.90 Å². The minimum atomic E-state index is -0.0169. The van der Waals surface area contributed by atoms with Crippen molar-refractivity contribution in [2.24, 2.45) is 0 Å². The number of rotatable bonds is 8. The highest BCUT2D eigenvalue weighted by molar-refractivity contribution is 5.92. The van der Waals surface area contributed by atoms with Crippen molar-refractivity contribution in [3.63, 3.8) is 0 Å². The number of amides is 1. The number of ether oxygens (including phenoxy) is 2. The number of hydrogen-bond donors (Lipinski definition) is 1. The normalized spacial score (nSPS) is 13.5. The number of carbonyl (C=O) groups excluding carboxylic acids is 1. The molecule has 1 aliphatic rings. The van der Waals surface area contributed by atoms with E-state index in [1.165, 1.54) is 11.1 Å². The number of carbonyl (C=O) groups is 1. The molecule has 0 radical (unpaired) electrons. The van der Waals surface area contributed by atoms with E-state index in [2.05, 4.69) is 41.4 Å². The Bertz CT molecular complexity index is 772. The van der Waals surface area contributed by atoms with Crippen LogP contribution >= 0.6 is 0 Å². The lowest BCUT2D eigenvalue weighted by molar-refractivity contribution is -0.117. The molecule has 1 saturated carbocycles. The monoisotopic (exact) mass is 354 g/mol. The molecular weight excluding hydrogens is 328 g/mol. The van der Waals surface area contributed by atoms with E-state index < -0.39 is 0 Å². The van der Waals surface area contributed by atoms with Crippen LogP contribution in [-0.2, 0) is 11.3 Å². The topological polar surface area (TPSA) is 50.8 Å². The van der Waals surface area contributed by atoms with E-state index in [-0.39, 0.29) is 5.91 Å². The van der Waals surface area contributed by atoms with Gasteiger partial charge in [-0.25, -0.2) is 0 Å². The van der Waals surface area contributed by atoms with E-state index in [0.29, 0.717) is 29.8 Å². The first-order valence-electron chi connectivity index (χ1n) is 8.90. The van der Waals surface area contributed by atoms with Crippen molar-refractivity contribution in [2.45, 2.75) is 32.4 Å². The zero-order valence-corrected chi connectivity index (χ0v) is 15.6. The summed E-state index contributed by atoms with van der Waals surface area (Å²) < 4.78 is 10.5. The maximum atomic E-state index is 12.5. The van der Waals surface area contributed by atoms with Crippen LogP contribution in [-0.4, -0.2) is 37.6 Å². The van der Waals surface area contributed by atoms with Crippen LogP contribution in [0.5, 0.6) is 11.5 Å². The molecule has 2 aromatic carbocycles. The van der Waals surface area contributed by atoms with E-state index in [9.17, 15) is 4.79 Å². The van der Waals surface area contributed by atoms with Gasteiger partial charge in [0.15, 0.2) is 11.5 Å². The molecule has 1 fully saturated rings. The van der Waals surface area contributed by atoms with Gasteiger partial charge in [0.25, 0.3) is 0 Å². The third-order valence-electron chi connectivity index (χ3n) is 4.55. The van der Waals surface area contributed by atoms with Gasteiger partial charge in [0.05, 0.1) is 20.8 Å². The second-order valence-electron chi connectivity index (χ2n) is 6.74. The first-order chi connectivity index (χ1) is 12.6. The molecule has 3 rings (SSSR count). The first kappa shape index (κ1) is 18.3. The molecular formula is C21H26N2O3. The molecule has 5 heteroatoms. The van der Waals surface area contributed by atoms with Crippen LogP contribution in [0, 0.1) is 6.92 Å². The summed E-state index contributed by atoms with van der Waals surface area (Å²) in [5.41, 5.74) is 3.20. The smallest absolute Gasteiger partial charge is 0.238 e. The largest absolute Gasteiger partial charge is 0.493 e. The van der Waals surface area contributed by atoms with Gasteiger partial charge in [0.1, 0.15) is 0 Å². The Balaban J connectivity index is 1.63. The molecule has 0 saturated heterocycles. The van der Waals surface area contributed by atoms with E-state index in [1.54, 1.807) is 26.4 Å². The zero-order chi connectivity index (χ0) is 18.5. The van der Waals surface area contributed by atoms with E-state index in [1.807, 2.05) is 6.07 Å². The Labute approximate surface area is 154 Å². The fourth-order valence-corrected chi connectivity index (χ4v) is 3.10. The molecule has 1 amide bonds. The summed E-state index contributed by atoms with van der Waals surface area (Å²) in [6.07, 6.45) is 2.32. The number of nitrogens with zero attached hydrogens (tertiary/aromatic N) is 1. The third-order valence-corrected chi connectivity index (χ3v) is 4.55. The van der Waals surface area contributed by atoms with Crippen LogP contribution in [0.25, 0.3) is 0 Å². The van der Waals surface area contributed by atoms with Crippen LogP contribution in [0.4, 0.5) is 5.69 Å². The molecule has 2 aromatic rings. The Morgan fingerprint density at radius 2 is 1.88 bits per heavy atom. The number of hydrogen-bond acceptors (Lipinski definition) is 4. The number of aryl methyl sites for hydroxylation is 1. The van der Waals surface area contributed by atoms with E-state index in [4.69, 9.17) is 9.47 Å². The van der Waals surface area contributed by atoms with Crippen molar-refractivity contribution >= 4 is 11.6 Å². The fraction of sp³-hybridized carbons (Fsp3) is 0.381. The molecule has 26 heavy (non-hydrogen) atoms. The predicted octanol–water partition coefficient (Wildman–Crippen LogP) is 3.62. The second kappa shape index (κ2) is 8.23. The highest BCUT2D eigenvalue weighted by Gasteiger charge is 2.30. The first-order valence-corrected chi connectivity index (χ1v) is 8.90. The lowest BCUT2D eigenvalue weighted by Gasteiger charge is -2.22. The third kappa shape index (κ3) is 4.76. The molecule has 0 aromatic heterocycles. The summed E-state index contributed by atoms with van der Waals surface area (Å²) >= 11 is 0. The van der Waals surface area contributed by atoms with Crippen molar-refractivity contribution in [2.75, 3.05) is 26.1 Å². The Hall–Kier alpha value is -2.53. The van der Waals surface area contributed by atoms with Crippen LogP contribution in [0.2, 0.25) is 0 Å². The summed E-state index contributed by atoms with van der Waals surface area (Å²) in [5.74, 6) is 1.23. The quantitative estimate of drug-likeness (QED) is 0.787. The Kier molecular flexibility index (Phi) is 5.78. The van der Waals surface area contributed by atoms with Gasteiger partial charge < -0.3 is 14.8 Å². The molecule has 5 nitrogen and oxygen atoms in total. The summed E-state index contributed by atoms with van der Waals surface area (Å²) in [7, 11) is 3.18. The van der Waals surface area contributed by atoms with Gasteiger partial charge >= 0.3 is 0 Å². The van der Waals surface area contributed by atoms with Gasteiger partial charge in [-0.2, -0.15) is 0 Å². The number of methoxy groups -OCH3 is 2. The zero-order valence-electron chi connectivity index (χ0n) is 15.6. The van der Waals surface area contributed by atoms with Crippen molar-refractivity contribution in [1.29, 1.82) is 0 Å². The molecule has 0 bridgehead atoms. The molecule has 0 unspecified atom stereocenters. The van der Waals surface area contributed by atoms with Gasteiger partial charge in [-0.1, -0.05) is 29.8 Å². The van der Waals surface area contributed by atoms with E-state index >= 15 is 0 Å². The standard InChI is InChI=1S/C21H26N2O3/c1-15-5-4-6-16(11-15)13-23(18-8-9-18)14-21(24)22-17-7-10-19(25-2)20(12-17)26-3/h4-7,10-12,18H,8-9,13-14H2,1-3H3,(H,22,24). The molecule has 0 heterocycles. The average Bonchev–Trinajstić information content (AvgIpc) is 3.46. The van der Waals surface area contributed by atoms with Gasteiger partial charge in [-0.3, -0.25) is 9.69 Å². The van der Waals surface area contributed by atoms with Crippen molar-refractivity contribution < 1.29 is 14.3 Å². The van der Waals surface area contributed by atoms with E-state index in [0.717, 1.165) is 19.4 Å². The average molecular weight is 354 g/mol. The predicted molar refractivity (Wildman–Crippen MR) is 103 cm³/mol. The number of benzene rings is 2. The Morgan fingerprint density at radius 3 is 2.54 bits per heavy atom. The fourth-order valence-electron chi connectivity index (χ4n) is 3.10. The number of nitrogens with one attached hydrogen (secondary N) is 1. The van der Waals surface area contributed by atoms with Crippen LogP contribution in [0.3, 0.4) is 0 Å². The maximum absolute atomic E-state index is 12.5. The van der Waals surface area contributed by atoms with Gasteiger partial charge in [0, 0.05) is 24.3 Å². The number of anilines is 1. The molecule has 138 valence electrons. The highest BCUT2D eigenvalue weighted by Crippen LogP contribution is 2.30. The minimum absolute atomic E-state index is 0.0169. The lowest BCUT2D eigenvalue weighted by atomic mass is 10.1. The molecule has 0 atom stereocenters. The summed E-state index contributed by atoms with van der Waals surface area (Å²) in [4.78, 5) is 14.8. The van der Waals surface area contributed by atoms with Gasteiger partial charge in [-0.15, -0.1) is 0 Å². The highest BCUT2D eigenvalue weighted by atomic mass is 16.5. The molecule has 0 spiro atoms. The van der Waals surface area contributed by atoms with Crippen LogP contribution in [0.15, 0.2) is 42.5 Å². The minimum Gasteiger partial charge on any atom is -0.493 e. The maximum Gasteiger partial charge on any atom is 0.238 e. The summed E-state index contributed by atoms with van der Waals surface area (Å²) in [6, 6.07) is 14.4. The summed E-state index contributed by atoms with van der Waals surface area (Å²) in [6.45, 7) is 3.27. The SMILES string of the molecule is COc1ccc(NC(=O)CN(Cc2cccc(C)c2)C2CC2)cc1OC. The van der Waals surface area contributed by atoms with Gasteiger partial charge in [-0.05, 0) is 37.5 Å². The second-order valence-corrected chi connectivity index (χ2v) is 6.74. The van der Waals surface area contributed by atoms with Crippen molar-refractivity contribution in [3.05, 3.63) is 53.6 Å². The molecule has 1 N–H and O–H groups in total. The van der Waals surface area contributed by atoms with Crippen LogP contribution in [0.1, 0.15) is 24.0 Å². The Morgan fingerprint density at radius 1 is 1.12 bits per heavy atom. The van der Waals surface area contributed by atoms with Gasteiger partial charge in [0.2, 0.25) is 5.91 Å². The molecule has 1 aliphatic carbocycles.